The summed E-state index contributed by atoms with van der Waals surface area (Å²) in [4.78, 5) is 0. The SMILES string of the molecule is COC(CSC(C)C)OC. The Hall–Kier alpha value is 0.270. The van der Waals surface area contributed by atoms with Crippen molar-refractivity contribution in [3.05, 3.63) is 0 Å². The zero-order valence-electron chi connectivity index (χ0n) is 7.09. The number of ether oxygens (including phenoxy) is 2. The highest BCUT2D eigenvalue weighted by Gasteiger charge is 2.05. The molecule has 0 aromatic rings. The van der Waals surface area contributed by atoms with Gasteiger partial charge >= 0.3 is 0 Å². The number of thioether (sulfide) groups is 1. The van der Waals surface area contributed by atoms with E-state index in [-0.39, 0.29) is 6.29 Å². The highest BCUT2D eigenvalue weighted by molar-refractivity contribution is 7.99. The maximum absolute atomic E-state index is 5.01. The van der Waals surface area contributed by atoms with Gasteiger partial charge in [-0.15, -0.1) is 0 Å². The van der Waals surface area contributed by atoms with E-state index in [1.807, 2.05) is 11.8 Å². The van der Waals surface area contributed by atoms with Gasteiger partial charge in [0.1, 0.15) is 0 Å². The predicted molar refractivity (Wildman–Crippen MR) is 45.4 cm³/mol. The Morgan fingerprint density at radius 1 is 1.20 bits per heavy atom. The predicted octanol–water partition coefficient (Wildman–Crippen LogP) is 1.75. The highest BCUT2D eigenvalue weighted by Crippen LogP contribution is 2.11. The molecule has 0 N–H and O–H groups in total. The number of hydrogen-bond donors (Lipinski definition) is 0. The fraction of sp³-hybridized carbons (Fsp3) is 1.00. The van der Waals surface area contributed by atoms with E-state index in [9.17, 15) is 0 Å². The Balaban J connectivity index is 3.26. The van der Waals surface area contributed by atoms with Gasteiger partial charge in [0.05, 0.1) is 0 Å². The number of hydrogen-bond acceptors (Lipinski definition) is 3. The minimum atomic E-state index is -0.0487. The van der Waals surface area contributed by atoms with Crippen LogP contribution in [-0.4, -0.2) is 31.5 Å². The highest BCUT2D eigenvalue weighted by atomic mass is 32.2. The first-order valence-electron chi connectivity index (χ1n) is 3.38. The molecule has 0 aliphatic heterocycles. The molecular weight excluding hydrogens is 148 g/mol. The second-order valence-electron chi connectivity index (χ2n) is 2.28. The summed E-state index contributed by atoms with van der Waals surface area (Å²) < 4.78 is 10.0. The fourth-order valence-corrected chi connectivity index (χ4v) is 1.32. The van der Waals surface area contributed by atoms with Gasteiger partial charge in [0, 0.05) is 20.0 Å². The Morgan fingerprint density at radius 3 is 2.00 bits per heavy atom. The smallest absolute Gasteiger partial charge is 0.165 e. The van der Waals surface area contributed by atoms with Crippen molar-refractivity contribution in [3.8, 4) is 0 Å². The Morgan fingerprint density at radius 2 is 1.70 bits per heavy atom. The van der Waals surface area contributed by atoms with E-state index in [0.29, 0.717) is 5.25 Å². The molecule has 0 aliphatic carbocycles. The first-order chi connectivity index (χ1) is 4.70. The van der Waals surface area contributed by atoms with Crippen LogP contribution >= 0.6 is 11.8 Å². The third kappa shape index (κ3) is 5.09. The van der Waals surface area contributed by atoms with E-state index < -0.39 is 0 Å². The molecule has 0 aromatic carbocycles. The molecule has 0 heterocycles. The number of methoxy groups -OCH3 is 2. The molecule has 0 bridgehead atoms. The van der Waals surface area contributed by atoms with Crippen LogP contribution < -0.4 is 0 Å². The van der Waals surface area contributed by atoms with E-state index in [2.05, 4.69) is 13.8 Å². The molecule has 3 heteroatoms. The lowest BCUT2D eigenvalue weighted by atomic mass is 10.6. The Kier molecular flexibility index (Phi) is 6.17. The van der Waals surface area contributed by atoms with E-state index in [1.165, 1.54) is 0 Å². The summed E-state index contributed by atoms with van der Waals surface area (Å²) >= 11 is 1.84. The molecular formula is C7H16O2S. The third-order valence-electron chi connectivity index (χ3n) is 1.09. The van der Waals surface area contributed by atoms with Crippen molar-refractivity contribution in [2.45, 2.75) is 25.4 Å². The minimum absolute atomic E-state index is 0.0487. The second kappa shape index (κ2) is 6.01. The Bertz CT molecular complexity index is 72.0. The van der Waals surface area contributed by atoms with Crippen LogP contribution in [0.15, 0.2) is 0 Å². The lowest BCUT2D eigenvalue weighted by Gasteiger charge is -2.13. The summed E-state index contributed by atoms with van der Waals surface area (Å²) in [7, 11) is 3.32. The molecule has 0 saturated carbocycles. The molecule has 10 heavy (non-hydrogen) atoms. The first kappa shape index (κ1) is 10.3. The van der Waals surface area contributed by atoms with Crippen molar-refractivity contribution in [2.24, 2.45) is 0 Å². The monoisotopic (exact) mass is 164 g/mol. The fourth-order valence-electron chi connectivity index (χ4n) is 0.503. The largest absolute Gasteiger partial charge is 0.355 e. The van der Waals surface area contributed by atoms with Gasteiger partial charge in [-0.25, -0.2) is 0 Å². The molecule has 62 valence electrons. The third-order valence-corrected chi connectivity index (χ3v) is 2.22. The molecule has 0 fully saturated rings. The topological polar surface area (TPSA) is 18.5 Å². The van der Waals surface area contributed by atoms with Crippen molar-refractivity contribution >= 4 is 11.8 Å². The summed E-state index contributed by atoms with van der Waals surface area (Å²) in [6.07, 6.45) is -0.0487. The molecule has 0 saturated heterocycles. The van der Waals surface area contributed by atoms with E-state index in [0.717, 1.165) is 5.75 Å². The molecule has 0 amide bonds. The van der Waals surface area contributed by atoms with Crippen LogP contribution in [0.25, 0.3) is 0 Å². The maximum atomic E-state index is 5.01. The molecule has 0 unspecified atom stereocenters. The van der Waals surface area contributed by atoms with Crippen LogP contribution in [0.1, 0.15) is 13.8 Å². The van der Waals surface area contributed by atoms with Crippen LogP contribution in [0.4, 0.5) is 0 Å². The van der Waals surface area contributed by atoms with Gasteiger partial charge in [-0.05, 0) is 5.25 Å². The minimum Gasteiger partial charge on any atom is -0.355 e. The zero-order valence-corrected chi connectivity index (χ0v) is 7.90. The van der Waals surface area contributed by atoms with Gasteiger partial charge in [0.15, 0.2) is 6.29 Å². The standard InChI is InChI=1S/C7H16O2S/c1-6(2)10-5-7(8-3)9-4/h6-7H,5H2,1-4H3. The molecule has 0 aliphatic rings. The summed E-state index contributed by atoms with van der Waals surface area (Å²) in [6, 6.07) is 0. The van der Waals surface area contributed by atoms with Crippen LogP contribution in [0, 0.1) is 0 Å². The van der Waals surface area contributed by atoms with Crippen molar-refractivity contribution < 1.29 is 9.47 Å². The summed E-state index contributed by atoms with van der Waals surface area (Å²) in [5.74, 6) is 0.907. The van der Waals surface area contributed by atoms with Crippen molar-refractivity contribution in [1.29, 1.82) is 0 Å². The van der Waals surface area contributed by atoms with Gasteiger partial charge in [0.25, 0.3) is 0 Å². The van der Waals surface area contributed by atoms with Gasteiger partial charge < -0.3 is 9.47 Å². The lowest BCUT2D eigenvalue weighted by Crippen LogP contribution is -2.16. The maximum Gasteiger partial charge on any atom is 0.165 e. The van der Waals surface area contributed by atoms with Crippen molar-refractivity contribution in [1.82, 2.24) is 0 Å². The average molecular weight is 164 g/mol. The average Bonchev–Trinajstić information content (AvgIpc) is 1.90. The molecule has 0 atom stereocenters. The van der Waals surface area contributed by atoms with Crippen molar-refractivity contribution in [3.63, 3.8) is 0 Å². The number of rotatable bonds is 5. The first-order valence-corrected chi connectivity index (χ1v) is 4.42. The molecule has 0 radical (unpaired) electrons. The zero-order chi connectivity index (χ0) is 7.98. The van der Waals surface area contributed by atoms with Gasteiger partial charge in [-0.3, -0.25) is 0 Å². The van der Waals surface area contributed by atoms with Gasteiger partial charge in [-0.1, -0.05) is 13.8 Å². The van der Waals surface area contributed by atoms with Gasteiger partial charge in [0.2, 0.25) is 0 Å². The summed E-state index contributed by atoms with van der Waals surface area (Å²) in [5, 5.41) is 0.646. The van der Waals surface area contributed by atoms with Crippen LogP contribution in [-0.2, 0) is 9.47 Å². The van der Waals surface area contributed by atoms with Crippen LogP contribution in [0.2, 0.25) is 0 Å². The van der Waals surface area contributed by atoms with Crippen LogP contribution in [0.3, 0.4) is 0 Å². The van der Waals surface area contributed by atoms with Crippen molar-refractivity contribution in [2.75, 3.05) is 20.0 Å². The van der Waals surface area contributed by atoms with Crippen LogP contribution in [0.5, 0.6) is 0 Å². The quantitative estimate of drug-likeness (QED) is 0.577. The molecule has 0 rings (SSSR count). The Labute approximate surface area is 67.3 Å². The molecule has 0 spiro atoms. The normalized spacial score (nSPS) is 11.4. The second-order valence-corrected chi connectivity index (χ2v) is 3.89. The van der Waals surface area contributed by atoms with E-state index >= 15 is 0 Å². The van der Waals surface area contributed by atoms with E-state index in [1.54, 1.807) is 14.2 Å². The lowest BCUT2D eigenvalue weighted by molar-refractivity contribution is -0.0842. The molecule has 0 aromatic heterocycles. The van der Waals surface area contributed by atoms with Gasteiger partial charge in [-0.2, -0.15) is 11.8 Å². The molecule has 2 nitrogen and oxygen atoms in total. The summed E-state index contributed by atoms with van der Waals surface area (Å²) in [5.41, 5.74) is 0. The van der Waals surface area contributed by atoms with E-state index in [4.69, 9.17) is 9.47 Å². The summed E-state index contributed by atoms with van der Waals surface area (Å²) in [6.45, 7) is 4.32.